The van der Waals surface area contributed by atoms with Crippen molar-refractivity contribution in [1.82, 2.24) is 25.4 Å². The fourth-order valence-electron chi connectivity index (χ4n) is 7.43. The number of hydrogen-bond donors (Lipinski definition) is 7. The predicted octanol–water partition coefficient (Wildman–Crippen LogP) is 1.77. The van der Waals surface area contributed by atoms with Gasteiger partial charge in [0.05, 0.1) is 41.5 Å². The topological polar surface area (TPSA) is 224 Å². The molecule has 0 spiro atoms. The maximum atomic E-state index is 13.7. The SMILES string of the molecule is NC(=O)CC1NC(=O)CCSc2[nH]c3cc(OCCCCCCN4C(=O)CC(S)C4=O)ccc3c2CNC(=O)[C@H](CC(O)CO)CCC2CCCN2C1=O. The average Bonchev–Trinajstić information content (AvgIpc) is 3.81. The van der Waals surface area contributed by atoms with E-state index in [2.05, 4.69) is 28.2 Å². The monoisotopic (exact) mass is 788 g/mol. The van der Waals surface area contributed by atoms with Crippen molar-refractivity contribution < 1.29 is 43.7 Å². The van der Waals surface area contributed by atoms with Gasteiger partial charge in [-0.15, -0.1) is 11.8 Å². The number of thiol groups is 1. The Morgan fingerprint density at radius 1 is 1.07 bits per heavy atom. The number of primary amides is 1. The molecule has 2 aromatic rings. The summed E-state index contributed by atoms with van der Waals surface area (Å²) in [7, 11) is 0. The highest BCUT2D eigenvalue weighted by molar-refractivity contribution is 7.99. The molecule has 1 aromatic heterocycles. The lowest BCUT2D eigenvalue weighted by Crippen LogP contribution is -2.51. The molecule has 0 saturated carbocycles. The minimum absolute atomic E-state index is 0.0494. The number of aliphatic hydroxyl groups is 2. The number of H-pyrrole nitrogens is 1. The van der Waals surface area contributed by atoms with Crippen molar-refractivity contribution in [3.8, 4) is 5.75 Å². The van der Waals surface area contributed by atoms with Crippen LogP contribution < -0.4 is 21.1 Å². The second kappa shape index (κ2) is 19.7. The van der Waals surface area contributed by atoms with E-state index >= 15 is 0 Å². The number of fused-ring (bicyclic) bond motifs is 4. The van der Waals surface area contributed by atoms with E-state index in [1.165, 1.54) is 16.7 Å². The van der Waals surface area contributed by atoms with E-state index in [1.54, 1.807) is 4.90 Å². The fourth-order valence-corrected chi connectivity index (χ4v) is 8.75. The van der Waals surface area contributed by atoms with Crippen LogP contribution in [-0.4, -0.2) is 116 Å². The molecule has 2 fully saturated rings. The molecule has 1 aromatic carbocycles. The van der Waals surface area contributed by atoms with Gasteiger partial charge in [-0.2, -0.15) is 12.6 Å². The molecule has 0 bridgehead atoms. The number of nitrogens with two attached hydrogens (primary N) is 1. The lowest BCUT2D eigenvalue weighted by Gasteiger charge is -2.30. The van der Waals surface area contributed by atoms with Gasteiger partial charge in [-0.3, -0.25) is 33.7 Å². The summed E-state index contributed by atoms with van der Waals surface area (Å²) in [5, 5.41) is 26.8. The molecule has 0 radical (unpaired) electrons. The largest absolute Gasteiger partial charge is 0.494 e. The maximum absolute atomic E-state index is 13.7. The second-order valence-corrected chi connectivity index (χ2v) is 16.0. The highest BCUT2D eigenvalue weighted by Crippen LogP contribution is 2.33. The number of carbonyl (C=O) groups is 6. The van der Waals surface area contributed by atoms with Crippen LogP contribution in [0.2, 0.25) is 0 Å². The summed E-state index contributed by atoms with van der Waals surface area (Å²) >= 11 is 5.55. The third-order valence-corrected chi connectivity index (χ3v) is 11.8. The van der Waals surface area contributed by atoms with Gasteiger partial charge in [0.15, 0.2) is 0 Å². The number of aromatic amines is 1. The third kappa shape index (κ3) is 10.9. The van der Waals surface area contributed by atoms with Crippen molar-refractivity contribution in [3.05, 3.63) is 23.8 Å². The Morgan fingerprint density at radius 3 is 2.61 bits per heavy atom. The number of unbranched alkanes of at least 4 members (excludes halogenated alkanes) is 3. The number of rotatable bonds is 13. The Bertz CT molecular complexity index is 1690. The molecule has 6 amide bonds. The lowest BCUT2D eigenvalue weighted by molar-refractivity contribution is -0.139. The Hall–Kier alpha value is -3.80. The molecular weight excluding hydrogens is 737 g/mol. The zero-order valence-electron chi connectivity index (χ0n) is 30.4. The van der Waals surface area contributed by atoms with Crippen LogP contribution in [0.5, 0.6) is 5.75 Å². The van der Waals surface area contributed by atoms with E-state index in [1.807, 2.05) is 18.2 Å². The number of carbonyl (C=O) groups excluding carboxylic acids is 6. The van der Waals surface area contributed by atoms with E-state index < -0.39 is 35.8 Å². The number of ether oxygens (including phenoxy) is 1. The molecule has 54 heavy (non-hydrogen) atoms. The first-order chi connectivity index (χ1) is 25.9. The summed E-state index contributed by atoms with van der Waals surface area (Å²) in [6, 6.07) is 4.36. The third-order valence-electron chi connectivity index (χ3n) is 10.3. The Labute approximate surface area is 324 Å². The first-order valence-electron chi connectivity index (χ1n) is 18.8. The minimum atomic E-state index is -1.10. The normalized spacial score (nSPS) is 23.9. The van der Waals surface area contributed by atoms with Gasteiger partial charge in [-0.05, 0) is 57.1 Å². The number of amides is 6. The molecule has 5 atom stereocenters. The van der Waals surface area contributed by atoms with Gasteiger partial charge in [0, 0.05) is 67.2 Å². The molecule has 0 aliphatic carbocycles. The van der Waals surface area contributed by atoms with Gasteiger partial charge in [0.1, 0.15) is 11.8 Å². The van der Waals surface area contributed by atoms with Crippen LogP contribution in [0.3, 0.4) is 0 Å². The number of nitrogens with one attached hydrogen (secondary N) is 3. The first kappa shape index (κ1) is 41.4. The van der Waals surface area contributed by atoms with Gasteiger partial charge >= 0.3 is 0 Å². The zero-order chi connectivity index (χ0) is 38.8. The number of hydrogen-bond acceptors (Lipinski definition) is 11. The van der Waals surface area contributed by atoms with Gasteiger partial charge in [0.2, 0.25) is 35.4 Å². The highest BCUT2D eigenvalue weighted by Gasteiger charge is 2.37. The lowest BCUT2D eigenvalue weighted by atomic mass is 9.92. The van der Waals surface area contributed by atoms with Gasteiger partial charge < -0.3 is 41.2 Å². The quantitative estimate of drug-likeness (QED) is 0.0885. The van der Waals surface area contributed by atoms with E-state index in [4.69, 9.17) is 10.5 Å². The van der Waals surface area contributed by atoms with Crippen LogP contribution in [0.1, 0.15) is 82.6 Å². The van der Waals surface area contributed by atoms with Crippen LogP contribution in [0, 0.1) is 5.92 Å². The van der Waals surface area contributed by atoms with Crippen molar-refractivity contribution in [2.24, 2.45) is 11.7 Å². The molecule has 15 nitrogen and oxygen atoms in total. The number of nitrogens with zero attached hydrogens (tertiary/aromatic N) is 2. The Balaban J connectivity index is 1.26. The van der Waals surface area contributed by atoms with Crippen LogP contribution >= 0.6 is 24.4 Å². The summed E-state index contributed by atoms with van der Waals surface area (Å²) in [5.41, 5.74) is 7.07. The summed E-state index contributed by atoms with van der Waals surface area (Å²) in [5.74, 6) is -1.76. The number of aromatic nitrogens is 1. The van der Waals surface area contributed by atoms with Crippen molar-refractivity contribution >= 4 is 70.7 Å². The van der Waals surface area contributed by atoms with E-state index in [0.29, 0.717) is 50.5 Å². The van der Waals surface area contributed by atoms with Crippen LogP contribution in [0.15, 0.2) is 23.2 Å². The number of thioether (sulfide) groups is 1. The molecule has 5 rings (SSSR count). The molecular formula is C37H52N6O9S2. The molecule has 296 valence electrons. The summed E-state index contributed by atoms with van der Waals surface area (Å²) < 4.78 is 6.04. The van der Waals surface area contributed by atoms with E-state index in [9.17, 15) is 39.0 Å². The maximum Gasteiger partial charge on any atom is 0.245 e. The van der Waals surface area contributed by atoms with Gasteiger partial charge in [-0.1, -0.05) is 12.8 Å². The van der Waals surface area contributed by atoms with E-state index in [-0.39, 0.29) is 67.8 Å². The van der Waals surface area contributed by atoms with Crippen molar-refractivity contribution in [2.75, 3.05) is 32.1 Å². The summed E-state index contributed by atoms with van der Waals surface area (Å²) in [6.45, 7) is 1.04. The smallest absolute Gasteiger partial charge is 0.245 e. The van der Waals surface area contributed by atoms with Crippen molar-refractivity contribution in [1.29, 1.82) is 0 Å². The van der Waals surface area contributed by atoms with Crippen molar-refractivity contribution in [3.63, 3.8) is 0 Å². The van der Waals surface area contributed by atoms with E-state index in [0.717, 1.165) is 53.6 Å². The van der Waals surface area contributed by atoms with Crippen LogP contribution in [0.4, 0.5) is 0 Å². The Morgan fingerprint density at radius 2 is 1.87 bits per heavy atom. The number of imide groups is 1. The number of likely N-dealkylation sites (tertiary alicyclic amines) is 1. The fraction of sp³-hybridized carbons (Fsp3) is 0.622. The minimum Gasteiger partial charge on any atom is -0.494 e. The summed E-state index contributed by atoms with van der Waals surface area (Å²) in [4.78, 5) is 82.7. The molecule has 3 aliphatic heterocycles. The molecule has 17 heteroatoms. The average molecular weight is 789 g/mol. The van der Waals surface area contributed by atoms with Gasteiger partial charge in [-0.25, -0.2) is 0 Å². The number of aliphatic hydroxyl groups excluding tert-OH is 2. The molecule has 7 N–H and O–H groups in total. The molecule has 2 saturated heterocycles. The predicted molar refractivity (Wildman–Crippen MR) is 204 cm³/mol. The van der Waals surface area contributed by atoms with Gasteiger partial charge in [0.25, 0.3) is 0 Å². The van der Waals surface area contributed by atoms with Crippen LogP contribution in [-0.2, 0) is 35.3 Å². The summed E-state index contributed by atoms with van der Waals surface area (Å²) in [6.07, 6.45) is 4.35. The molecule has 4 heterocycles. The highest BCUT2D eigenvalue weighted by atomic mass is 32.2. The second-order valence-electron chi connectivity index (χ2n) is 14.3. The first-order valence-corrected chi connectivity index (χ1v) is 20.3. The van der Waals surface area contributed by atoms with Crippen molar-refractivity contribution in [2.45, 2.75) is 112 Å². The molecule has 4 unspecified atom stereocenters. The zero-order valence-corrected chi connectivity index (χ0v) is 32.1. The Kier molecular flexibility index (Phi) is 15.1. The standard InChI is InChI=1S/C37H52N6O9S2/c38-31(46)18-29-36(50)42-13-5-6-23(42)8-7-22(16-24(45)21-44)34(49)39-20-27-26-10-9-25(17-28(26)41-35(27)54-15-11-32(47)40-29)52-14-4-2-1-3-12-43-33(48)19-30(53)37(43)51/h9-10,17,22-24,29-30,41,44-45,53H,1-8,11-16,18-21H2,(H2,38,46)(H,39,49)(H,40,47)/t22-,23?,24?,29?,30?/m0/s1. The molecule has 3 aliphatic rings. The van der Waals surface area contributed by atoms with Crippen LogP contribution in [0.25, 0.3) is 10.9 Å². The number of benzene rings is 1.